The monoisotopic (exact) mass is 403 g/mol. The summed E-state index contributed by atoms with van der Waals surface area (Å²) in [5.74, 6) is 1.26. The molecule has 0 bridgehead atoms. The Bertz CT molecular complexity index is 1160. The fraction of sp³-hybridized carbons (Fsp3) is 0.316. The second kappa shape index (κ2) is 6.46. The lowest BCUT2D eigenvalue weighted by Crippen LogP contribution is -2.39. The van der Waals surface area contributed by atoms with E-state index in [-0.39, 0.29) is 23.4 Å². The van der Waals surface area contributed by atoms with Gasteiger partial charge in [0.1, 0.15) is 11.6 Å². The number of nitrogens with zero attached hydrogens (tertiary/aromatic N) is 2. The number of halogens is 1. The number of nitrogens with one attached hydrogen (secondary N) is 1. The number of H-pyrrole nitrogens is 1. The maximum atomic E-state index is 13.4. The highest BCUT2D eigenvalue weighted by atomic mass is 32.2. The Morgan fingerprint density at radius 1 is 1.14 bits per heavy atom. The van der Waals surface area contributed by atoms with E-state index in [4.69, 9.17) is 9.47 Å². The predicted molar refractivity (Wildman–Crippen MR) is 99.4 cm³/mol. The van der Waals surface area contributed by atoms with Gasteiger partial charge in [-0.25, -0.2) is 17.8 Å². The van der Waals surface area contributed by atoms with Gasteiger partial charge in [0.15, 0.2) is 11.5 Å². The third-order valence-electron chi connectivity index (χ3n) is 5.21. The molecule has 1 aromatic heterocycles. The van der Waals surface area contributed by atoms with Crippen molar-refractivity contribution in [1.82, 2.24) is 14.3 Å². The summed E-state index contributed by atoms with van der Waals surface area (Å²) in [5.41, 5.74) is 1.29. The molecule has 2 aliphatic rings. The van der Waals surface area contributed by atoms with Crippen molar-refractivity contribution in [3.05, 3.63) is 48.0 Å². The number of hydrogen-bond acceptors (Lipinski definition) is 5. The van der Waals surface area contributed by atoms with E-state index in [9.17, 15) is 12.8 Å². The van der Waals surface area contributed by atoms with E-state index in [0.717, 1.165) is 12.8 Å². The van der Waals surface area contributed by atoms with Gasteiger partial charge in [-0.15, -0.1) is 0 Å². The Kier molecular flexibility index (Phi) is 4.02. The number of benzene rings is 2. The fourth-order valence-electron chi connectivity index (χ4n) is 3.77. The summed E-state index contributed by atoms with van der Waals surface area (Å²) in [6, 6.07) is 9.04. The number of fused-ring (bicyclic) bond motifs is 2. The van der Waals surface area contributed by atoms with Crippen LogP contribution in [0.4, 0.5) is 4.39 Å². The number of aromatic nitrogens is 2. The average Bonchev–Trinajstić information content (AvgIpc) is 3.33. The number of ether oxygens (including phenoxy) is 2. The molecule has 7 nitrogen and oxygen atoms in total. The van der Waals surface area contributed by atoms with Crippen LogP contribution in [-0.2, 0) is 10.0 Å². The molecule has 1 saturated heterocycles. The van der Waals surface area contributed by atoms with Crippen LogP contribution < -0.4 is 9.47 Å². The zero-order valence-electron chi connectivity index (χ0n) is 14.9. The van der Waals surface area contributed by atoms with Crippen molar-refractivity contribution in [2.75, 3.05) is 19.9 Å². The normalized spacial score (nSPS) is 20.0. The molecule has 3 heterocycles. The van der Waals surface area contributed by atoms with Crippen LogP contribution in [0.15, 0.2) is 41.3 Å². The summed E-state index contributed by atoms with van der Waals surface area (Å²) < 4.78 is 51.7. The second-order valence-corrected chi connectivity index (χ2v) is 8.94. The second-order valence-electron chi connectivity index (χ2n) is 7.00. The zero-order chi connectivity index (χ0) is 19.3. The summed E-state index contributed by atoms with van der Waals surface area (Å²) in [6.07, 6.45) is 1.54. The van der Waals surface area contributed by atoms with Crippen molar-refractivity contribution in [2.45, 2.75) is 23.7 Å². The smallest absolute Gasteiger partial charge is 0.243 e. The van der Waals surface area contributed by atoms with Gasteiger partial charge in [-0.1, -0.05) is 0 Å². The predicted octanol–water partition coefficient (Wildman–Crippen LogP) is 3.00. The number of piperidine rings is 1. The molecule has 0 amide bonds. The highest BCUT2D eigenvalue weighted by Crippen LogP contribution is 2.36. The third-order valence-corrected chi connectivity index (χ3v) is 7.08. The number of hydrogen-bond donors (Lipinski definition) is 1. The van der Waals surface area contributed by atoms with Gasteiger partial charge in [-0.2, -0.15) is 4.31 Å². The lowest BCUT2D eigenvalue weighted by molar-refractivity contribution is 0.174. The van der Waals surface area contributed by atoms with E-state index in [1.54, 1.807) is 12.1 Å². The minimum atomic E-state index is -3.67. The Labute approximate surface area is 161 Å². The van der Waals surface area contributed by atoms with Gasteiger partial charge >= 0.3 is 0 Å². The number of sulfonamides is 1. The van der Waals surface area contributed by atoms with Crippen LogP contribution >= 0.6 is 0 Å². The van der Waals surface area contributed by atoms with Crippen molar-refractivity contribution in [2.24, 2.45) is 0 Å². The number of imidazole rings is 1. The summed E-state index contributed by atoms with van der Waals surface area (Å²) in [7, 11) is -3.67. The maximum absolute atomic E-state index is 13.4. The van der Waals surface area contributed by atoms with Gasteiger partial charge in [-0.3, -0.25) is 0 Å². The first-order valence-electron chi connectivity index (χ1n) is 9.06. The summed E-state index contributed by atoms with van der Waals surface area (Å²) in [6.45, 7) is 0.860. The van der Waals surface area contributed by atoms with E-state index in [0.29, 0.717) is 41.4 Å². The molecule has 2 aliphatic heterocycles. The Hall–Kier alpha value is -2.65. The molecule has 1 atom stereocenters. The molecule has 0 aliphatic carbocycles. The summed E-state index contributed by atoms with van der Waals surface area (Å²) >= 11 is 0. The highest BCUT2D eigenvalue weighted by Gasteiger charge is 2.33. The molecular formula is C19H18FN3O4S. The quantitative estimate of drug-likeness (QED) is 0.727. The molecule has 1 fully saturated rings. The van der Waals surface area contributed by atoms with Crippen LogP contribution in [-0.4, -0.2) is 42.6 Å². The molecule has 2 aromatic carbocycles. The van der Waals surface area contributed by atoms with Crippen LogP contribution in [0.2, 0.25) is 0 Å². The van der Waals surface area contributed by atoms with Crippen molar-refractivity contribution < 1.29 is 22.3 Å². The first-order chi connectivity index (χ1) is 13.5. The van der Waals surface area contributed by atoms with Crippen LogP contribution in [0.1, 0.15) is 24.6 Å². The molecule has 5 rings (SSSR count). The molecule has 0 spiro atoms. The van der Waals surface area contributed by atoms with Crippen LogP contribution in [0.3, 0.4) is 0 Å². The van der Waals surface area contributed by atoms with Gasteiger partial charge in [0, 0.05) is 25.1 Å². The molecule has 3 aromatic rings. The summed E-state index contributed by atoms with van der Waals surface area (Å²) in [5, 5.41) is 0. The molecule has 9 heteroatoms. The van der Waals surface area contributed by atoms with E-state index in [1.165, 1.54) is 28.6 Å². The molecule has 0 saturated carbocycles. The third kappa shape index (κ3) is 2.91. The van der Waals surface area contributed by atoms with Crippen LogP contribution in [0.5, 0.6) is 11.5 Å². The molecular weight excluding hydrogens is 385 g/mol. The Morgan fingerprint density at radius 2 is 2.00 bits per heavy atom. The summed E-state index contributed by atoms with van der Waals surface area (Å²) in [4.78, 5) is 7.86. The first kappa shape index (κ1) is 17.4. The highest BCUT2D eigenvalue weighted by molar-refractivity contribution is 7.89. The number of rotatable bonds is 3. The lowest BCUT2D eigenvalue weighted by atomic mass is 9.99. The van der Waals surface area contributed by atoms with Crippen LogP contribution in [0.25, 0.3) is 11.0 Å². The minimum Gasteiger partial charge on any atom is -0.454 e. The lowest BCUT2D eigenvalue weighted by Gasteiger charge is -2.31. The molecule has 1 N–H and O–H groups in total. The van der Waals surface area contributed by atoms with Crippen molar-refractivity contribution in [3.63, 3.8) is 0 Å². The fourth-order valence-corrected chi connectivity index (χ4v) is 5.31. The average molecular weight is 403 g/mol. The van der Waals surface area contributed by atoms with E-state index < -0.39 is 10.0 Å². The van der Waals surface area contributed by atoms with Crippen molar-refractivity contribution in [1.29, 1.82) is 0 Å². The van der Waals surface area contributed by atoms with E-state index in [1.807, 2.05) is 0 Å². The van der Waals surface area contributed by atoms with Crippen LogP contribution in [0, 0.1) is 5.82 Å². The Balaban J connectivity index is 1.42. The molecule has 0 unspecified atom stereocenters. The van der Waals surface area contributed by atoms with Gasteiger partial charge in [0.05, 0.1) is 15.9 Å². The molecule has 146 valence electrons. The van der Waals surface area contributed by atoms with E-state index >= 15 is 0 Å². The molecule has 0 radical (unpaired) electrons. The van der Waals surface area contributed by atoms with Gasteiger partial charge in [-0.05, 0) is 43.2 Å². The van der Waals surface area contributed by atoms with E-state index in [2.05, 4.69) is 9.97 Å². The zero-order valence-corrected chi connectivity index (χ0v) is 15.7. The largest absolute Gasteiger partial charge is 0.454 e. The standard InChI is InChI=1S/C19H18FN3O4S/c20-13-3-5-15-16(8-13)22-19(21-15)12-2-1-7-23(10-12)28(24,25)14-4-6-17-18(9-14)27-11-26-17/h3-6,8-9,12H,1-2,7,10-11H2,(H,21,22)/t12-/m0/s1. The minimum absolute atomic E-state index is 0.0759. The van der Waals surface area contributed by atoms with Crippen molar-refractivity contribution in [3.8, 4) is 11.5 Å². The topological polar surface area (TPSA) is 84.5 Å². The van der Waals surface area contributed by atoms with Gasteiger partial charge in [0.25, 0.3) is 0 Å². The van der Waals surface area contributed by atoms with Gasteiger partial charge < -0.3 is 14.5 Å². The Morgan fingerprint density at radius 3 is 2.89 bits per heavy atom. The SMILES string of the molecule is O=S(=O)(c1ccc2c(c1)OCO2)N1CCC[C@H](c2nc3ccc(F)cc3[nH]2)C1. The van der Waals surface area contributed by atoms with Gasteiger partial charge in [0.2, 0.25) is 16.8 Å². The van der Waals surface area contributed by atoms with Crippen molar-refractivity contribution >= 4 is 21.1 Å². The maximum Gasteiger partial charge on any atom is 0.243 e. The number of aromatic amines is 1. The molecule has 28 heavy (non-hydrogen) atoms. The first-order valence-corrected chi connectivity index (χ1v) is 10.5.